The van der Waals surface area contributed by atoms with Gasteiger partial charge in [0.25, 0.3) is 5.91 Å². The van der Waals surface area contributed by atoms with E-state index >= 15 is 0 Å². The quantitative estimate of drug-likeness (QED) is 0.831. The molecule has 2 fully saturated rings. The van der Waals surface area contributed by atoms with Crippen LogP contribution >= 0.6 is 12.4 Å². The normalized spacial score (nSPS) is 22.6. The number of hydrogen-bond acceptors (Lipinski definition) is 3. The van der Waals surface area contributed by atoms with Crippen molar-refractivity contribution in [1.82, 2.24) is 15.5 Å². The van der Waals surface area contributed by atoms with Gasteiger partial charge in [0.1, 0.15) is 11.6 Å². The summed E-state index contributed by atoms with van der Waals surface area (Å²) in [5.41, 5.74) is -0.236. The molecule has 2 N–H and O–H groups in total. The summed E-state index contributed by atoms with van der Waals surface area (Å²) in [6, 6.07) is 2.79. The molecule has 2 saturated heterocycles. The minimum Gasteiger partial charge on any atom is -0.354 e. The molecule has 0 aromatic heterocycles. The zero-order valence-corrected chi connectivity index (χ0v) is 15.3. The van der Waals surface area contributed by atoms with E-state index in [2.05, 4.69) is 10.6 Å². The first-order valence-electron chi connectivity index (χ1n) is 8.80. The van der Waals surface area contributed by atoms with E-state index in [9.17, 15) is 18.4 Å². The number of hydrogen-bond donors (Lipinski definition) is 2. The highest BCUT2D eigenvalue weighted by Gasteiger charge is 2.28. The van der Waals surface area contributed by atoms with Crippen molar-refractivity contribution >= 4 is 24.2 Å². The smallest absolute Gasteiger partial charge is 0.256 e. The molecule has 2 atom stereocenters. The first kappa shape index (κ1) is 20.6. The molecule has 26 heavy (non-hydrogen) atoms. The Kier molecular flexibility index (Phi) is 7.34. The van der Waals surface area contributed by atoms with Gasteiger partial charge in [0.15, 0.2) is 0 Å². The summed E-state index contributed by atoms with van der Waals surface area (Å²) in [5.74, 6) is -1.72. The Morgan fingerprint density at radius 3 is 2.77 bits per heavy atom. The SMILES string of the molecule is Cl.O=C(NCC1CCCN(C(=O)c2cc(F)ccc2F)C1)C1CCCN1. The summed E-state index contributed by atoms with van der Waals surface area (Å²) in [7, 11) is 0. The Hall–Kier alpha value is -1.73. The molecule has 0 spiro atoms. The van der Waals surface area contributed by atoms with Crippen molar-refractivity contribution in [2.24, 2.45) is 5.92 Å². The third kappa shape index (κ3) is 4.92. The summed E-state index contributed by atoms with van der Waals surface area (Å²) in [6.45, 7) is 2.31. The van der Waals surface area contributed by atoms with E-state index in [4.69, 9.17) is 0 Å². The zero-order chi connectivity index (χ0) is 17.8. The van der Waals surface area contributed by atoms with Gasteiger partial charge >= 0.3 is 0 Å². The molecule has 1 aromatic rings. The highest BCUT2D eigenvalue weighted by Crippen LogP contribution is 2.20. The van der Waals surface area contributed by atoms with Crippen LogP contribution in [0.25, 0.3) is 0 Å². The fourth-order valence-electron chi connectivity index (χ4n) is 3.52. The van der Waals surface area contributed by atoms with Gasteiger partial charge in [-0.2, -0.15) is 0 Å². The Balaban J connectivity index is 0.00000243. The maximum Gasteiger partial charge on any atom is 0.256 e. The maximum absolute atomic E-state index is 13.8. The van der Waals surface area contributed by atoms with Gasteiger partial charge in [-0.25, -0.2) is 8.78 Å². The van der Waals surface area contributed by atoms with E-state index in [-0.39, 0.29) is 35.8 Å². The predicted octanol–water partition coefficient (Wildman–Crippen LogP) is 2.11. The predicted molar refractivity (Wildman–Crippen MR) is 96.3 cm³/mol. The largest absolute Gasteiger partial charge is 0.354 e. The molecule has 144 valence electrons. The number of piperidine rings is 1. The molecule has 2 aliphatic heterocycles. The number of rotatable bonds is 4. The molecule has 2 amide bonds. The van der Waals surface area contributed by atoms with Crippen molar-refractivity contribution in [3.8, 4) is 0 Å². The number of carbonyl (C=O) groups excluding carboxylic acids is 2. The average molecular weight is 388 g/mol. The molecule has 0 bridgehead atoms. The minimum atomic E-state index is -0.714. The lowest BCUT2D eigenvalue weighted by Gasteiger charge is -2.33. The highest BCUT2D eigenvalue weighted by molar-refractivity contribution is 5.94. The molecular formula is C18H24ClF2N3O2. The average Bonchev–Trinajstić information content (AvgIpc) is 3.16. The number of halogens is 3. The van der Waals surface area contributed by atoms with Gasteiger partial charge in [-0.3, -0.25) is 9.59 Å². The Morgan fingerprint density at radius 1 is 1.23 bits per heavy atom. The summed E-state index contributed by atoms with van der Waals surface area (Å²) in [6.07, 6.45) is 3.53. The maximum atomic E-state index is 13.8. The van der Waals surface area contributed by atoms with E-state index in [0.717, 1.165) is 50.4 Å². The molecule has 2 heterocycles. The summed E-state index contributed by atoms with van der Waals surface area (Å²) in [4.78, 5) is 26.1. The van der Waals surface area contributed by atoms with Gasteiger partial charge in [0, 0.05) is 19.6 Å². The Bertz CT molecular complexity index is 653. The third-order valence-electron chi connectivity index (χ3n) is 4.91. The molecule has 1 aromatic carbocycles. The van der Waals surface area contributed by atoms with Crippen LogP contribution in [0.1, 0.15) is 36.0 Å². The second kappa shape index (κ2) is 9.28. The molecule has 2 unspecified atom stereocenters. The summed E-state index contributed by atoms with van der Waals surface area (Å²) >= 11 is 0. The first-order valence-corrected chi connectivity index (χ1v) is 8.80. The lowest BCUT2D eigenvalue weighted by molar-refractivity contribution is -0.123. The molecule has 3 rings (SSSR count). The van der Waals surface area contributed by atoms with Gasteiger partial charge in [-0.1, -0.05) is 0 Å². The minimum absolute atomic E-state index is 0. The van der Waals surface area contributed by atoms with E-state index in [0.29, 0.717) is 19.6 Å². The van der Waals surface area contributed by atoms with Crippen LogP contribution < -0.4 is 10.6 Å². The summed E-state index contributed by atoms with van der Waals surface area (Å²) < 4.78 is 27.1. The Morgan fingerprint density at radius 2 is 2.04 bits per heavy atom. The van der Waals surface area contributed by atoms with Crippen molar-refractivity contribution in [2.45, 2.75) is 31.7 Å². The molecule has 0 aliphatic carbocycles. The number of nitrogens with zero attached hydrogens (tertiary/aromatic N) is 1. The fourth-order valence-corrected chi connectivity index (χ4v) is 3.52. The molecule has 0 radical (unpaired) electrons. The van der Waals surface area contributed by atoms with Gasteiger partial charge in [-0.05, 0) is 56.3 Å². The van der Waals surface area contributed by atoms with E-state index in [1.54, 1.807) is 4.90 Å². The molecular weight excluding hydrogens is 364 g/mol. The molecule has 8 heteroatoms. The zero-order valence-electron chi connectivity index (χ0n) is 14.5. The van der Waals surface area contributed by atoms with Gasteiger partial charge < -0.3 is 15.5 Å². The topological polar surface area (TPSA) is 61.4 Å². The van der Waals surface area contributed by atoms with Crippen LogP contribution in [0.4, 0.5) is 8.78 Å². The van der Waals surface area contributed by atoms with Crippen molar-refractivity contribution in [3.05, 3.63) is 35.4 Å². The lowest BCUT2D eigenvalue weighted by Crippen LogP contribution is -2.46. The van der Waals surface area contributed by atoms with Gasteiger partial charge in [-0.15, -0.1) is 12.4 Å². The summed E-state index contributed by atoms with van der Waals surface area (Å²) in [5, 5.41) is 6.09. The van der Waals surface area contributed by atoms with Crippen LogP contribution in [0.2, 0.25) is 0 Å². The standard InChI is InChI=1S/C18H23F2N3O2.ClH/c19-13-5-6-15(20)14(9-13)18(25)23-8-2-3-12(11-23)10-22-17(24)16-4-1-7-21-16;/h5-6,9,12,16,21H,1-4,7-8,10-11H2,(H,22,24);1H. The van der Waals surface area contributed by atoms with Crippen LogP contribution in [0.5, 0.6) is 0 Å². The number of likely N-dealkylation sites (tertiary alicyclic amines) is 1. The number of carbonyl (C=O) groups is 2. The van der Waals surface area contributed by atoms with E-state index in [1.165, 1.54) is 0 Å². The second-order valence-corrected chi connectivity index (χ2v) is 6.78. The lowest BCUT2D eigenvalue weighted by atomic mass is 9.97. The van der Waals surface area contributed by atoms with Gasteiger partial charge in [0.2, 0.25) is 5.91 Å². The van der Waals surface area contributed by atoms with Crippen molar-refractivity contribution in [1.29, 1.82) is 0 Å². The highest BCUT2D eigenvalue weighted by atomic mass is 35.5. The number of nitrogens with one attached hydrogen (secondary N) is 2. The second-order valence-electron chi connectivity index (χ2n) is 6.78. The van der Waals surface area contributed by atoms with Crippen LogP contribution in [0, 0.1) is 17.6 Å². The van der Waals surface area contributed by atoms with Crippen LogP contribution in [0.15, 0.2) is 18.2 Å². The fraction of sp³-hybridized carbons (Fsp3) is 0.556. The molecule has 5 nitrogen and oxygen atoms in total. The van der Waals surface area contributed by atoms with E-state index < -0.39 is 17.5 Å². The molecule has 2 aliphatic rings. The van der Waals surface area contributed by atoms with Crippen LogP contribution in [-0.4, -0.2) is 48.9 Å². The van der Waals surface area contributed by atoms with Crippen LogP contribution in [-0.2, 0) is 4.79 Å². The van der Waals surface area contributed by atoms with Crippen molar-refractivity contribution in [3.63, 3.8) is 0 Å². The van der Waals surface area contributed by atoms with Crippen molar-refractivity contribution in [2.75, 3.05) is 26.2 Å². The van der Waals surface area contributed by atoms with Crippen molar-refractivity contribution < 1.29 is 18.4 Å². The third-order valence-corrected chi connectivity index (χ3v) is 4.91. The number of benzene rings is 1. The van der Waals surface area contributed by atoms with E-state index in [1.807, 2.05) is 0 Å². The van der Waals surface area contributed by atoms with Gasteiger partial charge in [0.05, 0.1) is 11.6 Å². The van der Waals surface area contributed by atoms with Crippen LogP contribution in [0.3, 0.4) is 0 Å². The first-order chi connectivity index (χ1) is 12.0. The molecule has 0 saturated carbocycles. The number of amides is 2. The monoisotopic (exact) mass is 387 g/mol. The Labute approximate surface area is 157 Å².